The zero-order chi connectivity index (χ0) is 103. The minimum atomic E-state index is -1.21. The number of hydrogen-bond acceptors (Lipinski definition) is 30. The van der Waals surface area contributed by atoms with Crippen LogP contribution >= 0.6 is 17.0 Å². The number of nitrogens with two attached hydrogens (primary N) is 2. The number of nitro benzene ring substituents is 2. The quantitative estimate of drug-likeness (QED) is 0.00749. The number of aryl methyl sites for hydroxylation is 12. The first kappa shape index (κ1) is 104. The summed E-state index contributed by atoms with van der Waals surface area (Å²) in [5.74, 6) is -5.51. The molecule has 740 valence electrons. The van der Waals surface area contributed by atoms with Crippen LogP contribution in [0.4, 0.5) is 45.5 Å². The molecule has 2 aliphatic carbocycles. The lowest BCUT2D eigenvalue weighted by Gasteiger charge is -2.12. The SMILES string of the molecule is Br.COc1c(-c2ccc(C(=O)O)o2)cc(C)cc1[N+](=O)[O-].COc1c(B2OC(C)C(C)O2)cc(C)cc1[N+](=O)[O-].COc1c(N)cc(C)cc1-c1ccc(C(=O)O)o1.Cc1cc(N)c(O)c(-c2ccc(C(=O)O)o2)c1.Cc1cc(N=Nc2c(C)[nH]n(-c3ccc4c(c3)CCC4)c2=O)c(O)c(-c2ccc(C(=O)O)o2)c1.Cc1cc(N=Nc2c(C)[nH]n(-c3ccc4c(c3)CCC4)c2=O)c(O)c(-c2ccc(C(=O)O)o2)c1. The second-order valence-electron chi connectivity index (χ2n) is 33.2. The standard InChI is InChI=1S/2C25H22N4O5.C13H11NO6.C13H13NO4.C12H16BNO5.C12H11NO4.BrH/c2*1-13-10-18(20-8-9-21(34-20)25(32)33)23(30)19(11-13)26-27-22-14(2)28-29(24(22)31)17-7-6-15-4-3-5-16(15)12-17;1-7-5-8(10-3-4-11(20-10)13(15)16)12(19-2)9(6-7)14(17)18;1-7-5-8(12(17-2)9(14)6-7)10-3-4-11(18-10)13(15)16;1-7-5-10(13-18-8(2)9(3)19-13)12(17-4)11(6-7)14(15)16;1-6-4-7(11(14)8(13)5-6)9-2-3-10(17-9)12(15)16;/h2*6-12,28,30H,3-5H2,1-2H3,(H,32,33);3-6H,1-2H3,(H,15,16);3-6H,14H2,1-2H3,(H,15,16);5-6,8-9H,1-4H3;2-5,14H,13H2,1H3,(H,15,16);1H. The van der Waals surface area contributed by atoms with Gasteiger partial charge in [-0.05, 0) is 303 Å². The third-order valence-corrected chi connectivity index (χ3v) is 22.8. The number of halogens is 1. The Labute approximate surface area is 822 Å². The van der Waals surface area contributed by atoms with E-state index in [0.29, 0.717) is 56.3 Å². The van der Waals surface area contributed by atoms with Gasteiger partial charge in [0.15, 0.2) is 34.4 Å². The second kappa shape index (κ2) is 44.5. The molecule has 3 aliphatic rings. The van der Waals surface area contributed by atoms with Crippen molar-refractivity contribution in [2.24, 2.45) is 20.5 Å². The van der Waals surface area contributed by atoms with Crippen LogP contribution in [-0.4, -0.2) is 141 Å². The molecular formula is C100H96BBrN12O29. The van der Waals surface area contributed by atoms with Gasteiger partial charge < -0.3 is 97.9 Å². The maximum atomic E-state index is 13.1. The number of H-pyrrole nitrogens is 2. The number of nitro groups is 2. The predicted octanol–water partition coefficient (Wildman–Crippen LogP) is 20.4. The molecule has 7 aromatic heterocycles. The molecule has 0 radical (unpaired) electrons. The number of methoxy groups -OCH3 is 3. The fourth-order valence-electron chi connectivity index (χ4n) is 15.9. The Morgan fingerprint density at radius 1 is 0.399 bits per heavy atom. The lowest BCUT2D eigenvalue weighted by molar-refractivity contribution is -0.385. The summed E-state index contributed by atoms with van der Waals surface area (Å²) in [7, 11) is 3.59. The molecule has 2 unspecified atom stereocenters. The van der Waals surface area contributed by atoms with Gasteiger partial charge in [0.2, 0.25) is 34.6 Å². The van der Waals surface area contributed by atoms with E-state index >= 15 is 0 Å². The van der Waals surface area contributed by atoms with Crippen molar-refractivity contribution >= 4 is 105 Å². The maximum Gasteiger partial charge on any atom is 0.498 e. The molecule has 0 amide bonds. The normalized spacial score (nSPS) is 13.2. The number of anilines is 2. The second-order valence-corrected chi connectivity index (χ2v) is 33.2. The molecule has 0 bridgehead atoms. The van der Waals surface area contributed by atoms with Crippen molar-refractivity contribution in [2.75, 3.05) is 32.8 Å². The van der Waals surface area contributed by atoms with Crippen LogP contribution in [0.5, 0.6) is 34.5 Å². The van der Waals surface area contributed by atoms with Crippen LogP contribution < -0.4 is 42.3 Å². The van der Waals surface area contributed by atoms with Crippen molar-refractivity contribution in [3.05, 3.63) is 307 Å². The minimum Gasteiger partial charge on any atom is -0.505 e. The summed E-state index contributed by atoms with van der Waals surface area (Å²) < 4.78 is 55.8. The molecule has 41 nitrogen and oxygen atoms in total. The number of aromatic amines is 2. The number of nitrogens with zero attached hydrogens (tertiary/aromatic N) is 8. The van der Waals surface area contributed by atoms with Crippen molar-refractivity contribution < 1.29 is 120 Å². The van der Waals surface area contributed by atoms with E-state index in [1.165, 1.54) is 120 Å². The number of nitrogens with one attached hydrogen (secondary N) is 2. The van der Waals surface area contributed by atoms with Gasteiger partial charge in [0.25, 0.3) is 11.1 Å². The van der Waals surface area contributed by atoms with Crippen LogP contribution in [0.15, 0.2) is 222 Å². The van der Waals surface area contributed by atoms with Crippen LogP contribution in [0.3, 0.4) is 0 Å². The molecule has 8 heterocycles. The number of benzene rings is 8. The Morgan fingerprint density at radius 2 is 0.706 bits per heavy atom. The number of aromatic carboxylic acids is 5. The zero-order valence-corrected chi connectivity index (χ0v) is 80.6. The van der Waals surface area contributed by atoms with E-state index in [1.54, 1.807) is 102 Å². The first-order valence-corrected chi connectivity index (χ1v) is 43.6. The van der Waals surface area contributed by atoms with Crippen LogP contribution in [0, 0.1) is 75.6 Å². The van der Waals surface area contributed by atoms with Crippen molar-refractivity contribution in [1.29, 1.82) is 0 Å². The first-order chi connectivity index (χ1) is 67.5. The van der Waals surface area contributed by atoms with Crippen LogP contribution in [-0.2, 0) is 35.0 Å². The monoisotopic (exact) mass is 2020 g/mol. The van der Waals surface area contributed by atoms with Gasteiger partial charge in [-0.2, -0.15) is 0 Å². The molecule has 0 spiro atoms. The van der Waals surface area contributed by atoms with E-state index in [-0.39, 0.29) is 172 Å². The average molecular weight is 2020 g/mol. The predicted molar refractivity (Wildman–Crippen MR) is 529 cm³/mol. The van der Waals surface area contributed by atoms with Gasteiger partial charge in [-0.1, -0.05) is 18.2 Å². The Kier molecular flexibility index (Phi) is 32.4. The Bertz CT molecular complexity index is 7390. The number of carboxylic acid groups (broad SMARTS) is 5. The van der Waals surface area contributed by atoms with Crippen molar-refractivity contribution in [3.8, 4) is 102 Å². The van der Waals surface area contributed by atoms with Gasteiger partial charge in [-0.25, -0.2) is 33.3 Å². The summed E-state index contributed by atoms with van der Waals surface area (Å²) in [6.07, 6.45) is 6.24. The zero-order valence-electron chi connectivity index (χ0n) is 78.9. The lowest BCUT2D eigenvalue weighted by Crippen LogP contribution is -2.34. The van der Waals surface area contributed by atoms with Crippen LogP contribution in [0.25, 0.3) is 68.0 Å². The van der Waals surface area contributed by atoms with E-state index in [4.69, 9.17) is 82.6 Å². The highest BCUT2D eigenvalue weighted by molar-refractivity contribution is 8.93. The third kappa shape index (κ3) is 23.5. The molecule has 1 saturated heterocycles. The molecule has 1 aliphatic heterocycles. The highest BCUT2D eigenvalue weighted by atomic mass is 79.9. The molecule has 1 fully saturated rings. The number of aromatic nitrogens is 4. The average Bonchev–Trinajstić information content (AvgIpc) is 1.65. The number of hydrogen-bond donors (Lipinski definition) is 12. The van der Waals surface area contributed by atoms with Crippen LogP contribution in [0.2, 0.25) is 0 Å². The number of carbonyl (C=O) groups is 5. The summed E-state index contributed by atoms with van der Waals surface area (Å²) in [5, 5.41) is 121. The fraction of sp³-hybridized carbons (Fsp3) is 0.210. The summed E-state index contributed by atoms with van der Waals surface area (Å²) in [6, 6.07) is 45.8. The number of aromatic hydroxyl groups is 3. The number of phenols is 3. The topological polar surface area (TPSA) is 622 Å². The van der Waals surface area contributed by atoms with Crippen molar-refractivity contribution in [1.82, 2.24) is 19.6 Å². The number of azo groups is 2. The Hall–Kier alpha value is -17.6. The van der Waals surface area contributed by atoms with Crippen molar-refractivity contribution in [2.45, 2.75) is 120 Å². The molecule has 2 atom stereocenters. The molecule has 0 saturated carbocycles. The third-order valence-electron chi connectivity index (χ3n) is 22.8. The number of ether oxygens (including phenoxy) is 3. The summed E-state index contributed by atoms with van der Waals surface area (Å²) in [4.78, 5) is 102. The lowest BCUT2D eigenvalue weighted by atomic mass is 9.77. The number of rotatable bonds is 22. The molecule has 18 rings (SSSR count). The van der Waals surface area contributed by atoms with Gasteiger partial charge >= 0.3 is 48.3 Å². The van der Waals surface area contributed by atoms with Gasteiger partial charge in [-0.3, -0.25) is 40.0 Å². The van der Waals surface area contributed by atoms with Crippen molar-refractivity contribution in [3.63, 3.8) is 0 Å². The summed E-state index contributed by atoms with van der Waals surface area (Å²) >= 11 is 0. The highest BCUT2D eigenvalue weighted by Crippen LogP contribution is 2.46. The van der Waals surface area contributed by atoms with Crippen LogP contribution in [0.1, 0.15) is 146 Å². The molecular weight excluding hydrogens is 1920 g/mol. The Morgan fingerprint density at radius 3 is 1.06 bits per heavy atom. The smallest absolute Gasteiger partial charge is 0.498 e. The number of carboxylic acids is 5. The summed E-state index contributed by atoms with van der Waals surface area (Å²) in [6.45, 7) is 18.1. The number of nitrogen functional groups attached to an aromatic ring is 2. The molecule has 14 N–H and O–H groups in total. The number of fused-ring (bicyclic) bond motifs is 2. The molecule has 143 heavy (non-hydrogen) atoms. The first-order valence-electron chi connectivity index (χ1n) is 43.6. The molecule has 43 heteroatoms. The van der Waals surface area contributed by atoms with E-state index < -0.39 is 46.8 Å². The maximum absolute atomic E-state index is 13.1. The van der Waals surface area contributed by atoms with Gasteiger partial charge in [-0.15, -0.1) is 37.4 Å². The van der Waals surface area contributed by atoms with E-state index in [0.717, 1.165) is 77.7 Å². The van der Waals surface area contributed by atoms with E-state index in [2.05, 4.69) is 42.8 Å². The number of furan rings is 5. The van der Waals surface area contributed by atoms with E-state index in [1.807, 2.05) is 58.0 Å². The van der Waals surface area contributed by atoms with E-state index in [9.17, 15) is 69.1 Å². The van der Waals surface area contributed by atoms with Gasteiger partial charge in [0.05, 0.1) is 105 Å². The highest BCUT2D eigenvalue weighted by Gasteiger charge is 2.41. The molecule has 8 aromatic carbocycles. The van der Waals surface area contributed by atoms with Gasteiger partial charge in [0, 0.05) is 17.6 Å². The summed E-state index contributed by atoms with van der Waals surface area (Å²) in [5.41, 5.74) is 26.6. The minimum absolute atomic E-state index is 0. The molecule has 15 aromatic rings. The fourth-order valence-corrected chi connectivity index (χ4v) is 15.9. The number of phenolic OH excluding ortho intramolecular Hbond substituents is 3. The largest absolute Gasteiger partial charge is 0.505 e. The van der Waals surface area contributed by atoms with Gasteiger partial charge in [0.1, 0.15) is 45.9 Å². The Balaban J connectivity index is 0.000000157.